The fourth-order valence-electron chi connectivity index (χ4n) is 2.00. The van der Waals surface area contributed by atoms with E-state index in [9.17, 15) is 9.59 Å². The number of rotatable bonds is 3. The monoisotopic (exact) mass is 195 g/mol. The van der Waals surface area contributed by atoms with Crippen LogP contribution in [0.25, 0.3) is 0 Å². The number of hydrogen-bond acceptors (Lipinski definition) is 3. The maximum absolute atomic E-state index is 11.6. The van der Waals surface area contributed by atoms with Gasteiger partial charge in [0.1, 0.15) is 0 Å². The van der Waals surface area contributed by atoms with E-state index < -0.39 is 0 Å². The third kappa shape index (κ3) is 2.12. The number of hydrogen-bond donors (Lipinski definition) is 2. The summed E-state index contributed by atoms with van der Waals surface area (Å²) in [6.07, 6.45) is 5.03. The Balaban J connectivity index is 1.80. The van der Waals surface area contributed by atoms with E-state index >= 15 is 0 Å². The van der Waals surface area contributed by atoms with Crippen molar-refractivity contribution in [1.29, 1.82) is 0 Å². The molecule has 2 atom stereocenters. The predicted molar refractivity (Wildman–Crippen MR) is 51.5 cm³/mol. The van der Waals surface area contributed by atoms with Crippen LogP contribution in [0.4, 0.5) is 0 Å². The van der Waals surface area contributed by atoms with Gasteiger partial charge in [-0.05, 0) is 25.8 Å². The van der Waals surface area contributed by atoms with Crippen molar-refractivity contribution in [1.82, 2.24) is 10.6 Å². The minimum Gasteiger partial charge on any atom is -0.346 e. The SMILES string of the molecule is O=C1CC[C@@H](C(=O)[CH][C@H]2CCCN2)N1. The topological polar surface area (TPSA) is 58.2 Å². The molecule has 2 N–H and O–H groups in total. The highest BCUT2D eigenvalue weighted by atomic mass is 16.2. The van der Waals surface area contributed by atoms with Crippen molar-refractivity contribution in [3.8, 4) is 0 Å². The molecular formula is C10H15N2O2. The van der Waals surface area contributed by atoms with E-state index in [1.54, 1.807) is 6.42 Å². The van der Waals surface area contributed by atoms with Crippen LogP contribution >= 0.6 is 0 Å². The van der Waals surface area contributed by atoms with Crippen molar-refractivity contribution in [3.05, 3.63) is 6.42 Å². The molecule has 2 saturated heterocycles. The molecule has 0 unspecified atom stereocenters. The molecule has 0 spiro atoms. The molecule has 0 aromatic carbocycles. The molecule has 2 heterocycles. The maximum Gasteiger partial charge on any atom is 0.220 e. The van der Waals surface area contributed by atoms with Gasteiger partial charge in [0.2, 0.25) is 5.91 Å². The Hall–Kier alpha value is -0.900. The van der Waals surface area contributed by atoms with Crippen molar-refractivity contribution in [3.63, 3.8) is 0 Å². The first-order chi connectivity index (χ1) is 6.75. The van der Waals surface area contributed by atoms with Crippen LogP contribution < -0.4 is 10.6 Å². The highest BCUT2D eigenvalue weighted by molar-refractivity contribution is 5.97. The minimum absolute atomic E-state index is 0.00358. The molecule has 1 amide bonds. The number of nitrogens with one attached hydrogen (secondary N) is 2. The van der Waals surface area contributed by atoms with Gasteiger partial charge in [-0.15, -0.1) is 0 Å². The molecule has 0 aromatic heterocycles. The zero-order valence-corrected chi connectivity index (χ0v) is 8.08. The summed E-state index contributed by atoms with van der Waals surface area (Å²) in [7, 11) is 0. The van der Waals surface area contributed by atoms with Crippen molar-refractivity contribution >= 4 is 11.7 Å². The first kappa shape index (κ1) is 9.65. The number of Topliss-reactive ketones (excluding diaryl/α,β-unsaturated/α-hetero) is 1. The molecule has 1 radical (unpaired) electrons. The van der Waals surface area contributed by atoms with Crippen LogP contribution in [0.1, 0.15) is 25.7 Å². The fraction of sp³-hybridized carbons (Fsp3) is 0.700. The molecule has 2 fully saturated rings. The average Bonchev–Trinajstić information content (AvgIpc) is 2.75. The van der Waals surface area contributed by atoms with Crippen LogP contribution in [0.5, 0.6) is 0 Å². The second kappa shape index (κ2) is 4.09. The second-order valence-electron chi connectivity index (χ2n) is 3.93. The molecule has 2 aliphatic rings. The standard InChI is InChI=1S/C10H15N2O2/c13-9(6-7-2-1-5-11-7)8-3-4-10(14)12-8/h6-8,11H,1-5H2,(H,12,14)/t7-,8+/m1/s1. The number of amides is 1. The largest absolute Gasteiger partial charge is 0.346 e. The molecule has 0 bridgehead atoms. The quantitative estimate of drug-likeness (QED) is 0.655. The lowest BCUT2D eigenvalue weighted by atomic mass is 10.0. The number of ketones is 1. The molecule has 0 aliphatic carbocycles. The predicted octanol–water partition coefficient (Wildman–Crippen LogP) is -0.210. The third-order valence-electron chi connectivity index (χ3n) is 2.80. The van der Waals surface area contributed by atoms with Gasteiger partial charge in [0.15, 0.2) is 5.78 Å². The van der Waals surface area contributed by atoms with Crippen molar-refractivity contribution in [2.24, 2.45) is 0 Å². The molecular weight excluding hydrogens is 180 g/mol. The number of carbonyl (C=O) groups excluding carboxylic acids is 2. The molecule has 2 rings (SSSR count). The molecule has 4 heteroatoms. The molecule has 4 nitrogen and oxygen atoms in total. The lowest BCUT2D eigenvalue weighted by Crippen LogP contribution is -2.37. The third-order valence-corrected chi connectivity index (χ3v) is 2.80. The Kier molecular flexibility index (Phi) is 2.82. The smallest absolute Gasteiger partial charge is 0.220 e. The Morgan fingerprint density at radius 2 is 2.29 bits per heavy atom. The normalized spacial score (nSPS) is 31.9. The van der Waals surface area contributed by atoms with Crippen LogP contribution in [0.3, 0.4) is 0 Å². The molecule has 2 aliphatic heterocycles. The van der Waals surface area contributed by atoms with Gasteiger partial charge in [0, 0.05) is 18.9 Å². The van der Waals surface area contributed by atoms with Crippen molar-refractivity contribution < 1.29 is 9.59 Å². The van der Waals surface area contributed by atoms with Gasteiger partial charge in [-0.3, -0.25) is 9.59 Å². The summed E-state index contributed by atoms with van der Waals surface area (Å²) in [5.74, 6) is 0.0615. The van der Waals surface area contributed by atoms with Gasteiger partial charge in [0.05, 0.1) is 6.04 Å². The molecule has 0 aromatic rings. The van der Waals surface area contributed by atoms with E-state index in [1.165, 1.54) is 0 Å². The molecule has 77 valence electrons. The zero-order chi connectivity index (χ0) is 9.97. The van der Waals surface area contributed by atoms with Crippen LogP contribution in [0, 0.1) is 6.42 Å². The Morgan fingerprint density at radius 1 is 1.43 bits per heavy atom. The molecule has 0 saturated carbocycles. The first-order valence-corrected chi connectivity index (χ1v) is 5.17. The fourth-order valence-corrected chi connectivity index (χ4v) is 2.00. The van der Waals surface area contributed by atoms with E-state index in [-0.39, 0.29) is 23.8 Å². The summed E-state index contributed by atoms with van der Waals surface area (Å²) in [5.41, 5.74) is 0. The Bertz CT molecular complexity index is 247. The first-order valence-electron chi connectivity index (χ1n) is 5.17. The van der Waals surface area contributed by atoms with E-state index in [4.69, 9.17) is 0 Å². The summed E-state index contributed by atoms with van der Waals surface area (Å²) in [6, 6.07) is -0.0371. The Morgan fingerprint density at radius 3 is 2.86 bits per heavy atom. The average molecular weight is 195 g/mol. The van der Waals surface area contributed by atoms with Crippen LogP contribution in [0.15, 0.2) is 0 Å². The van der Waals surface area contributed by atoms with Crippen molar-refractivity contribution in [2.75, 3.05) is 6.54 Å². The highest BCUT2D eigenvalue weighted by Gasteiger charge is 2.29. The summed E-state index contributed by atoms with van der Waals surface area (Å²) < 4.78 is 0. The van der Waals surface area contributed by atoms with Crippen molar-refractivity contribution in [2.45, 2.75) is 37.8 Å². The zero-order valence-electron chi connectivity index (χ0n) is 8.08. The van der Waals surface area contributed by atoms with E-state index in [2.05, 4.69) is 10.6 Å². The second-order valence-corrected chi connectivity index (χ2v) is 3.93. The van der Waals surface area contributed by atoms with Gasteiger partial charge in [-0.2, -0.15) is 0 Å². The highest BCUT2D eigenvalue weighted by Crippen LogP contribution is 2.13. The van der Waals surface area contributed by atoms with Gasteiger partial charge < -0.3 is 10.6 Å². The van der Waals surface area contributed by atoms with Crippen LogP contribution in [-0.4, -0.2) is 30.3 Å². The lowest BCUT2D eigenvalue weighted by Gasteiger charge is -2.12. The lowest BCUT2D eigenvalue weighted by molar-refractivity contribution is -0.122. The summed E-state index contributed by atoms with van der Waals surface area (Å²) >= 11 is 0. The number of carbonyl (C=O) groups is 2. The minimum atomic E-state index is -0.259. The van der Waals surface area contributed by atoms with Gasteiger partial charge in [-0.25, -0.2) is 0 Å². The van der Waals surface area contributed by atoms with E-state index in [0.29, 0.717) is 12.8 Å². The van der Waals surface area contributed by atoms with Gasteiger partial charge >= 0.3 is 0 Å². The van der Waals surface area contributed by atoms with E-state index in [0.717, 1.165) is 19.4 Å². The summed E-state index contributed by atoms with van der Waals surface area (Å²) in [4.78, 5) is 22.5. The summed E-state index contributed by atoms with van der Waals surface area (Å²) in [6.45, 7) is 0.992. The maximum atomic E-state index is 11.6. The van der Waals surface area contributed by atoms with Crippen LogP contribution in [-0.2, 0) is 9.59 Å². The Labute approximate surface area is 83.4 Å². The van der Waals surface area contributed by atoms with Crippen LogP contribution in [0.2, 0.25) is 0 Å². The summed E-state index contributed by atoms with van der Waals surface area (Å²) in [5, 5.41) is 5.91. The molecule has 14 heavy (non-hydrogen) atoms. The van der Waals surface area contributed by atoms with E-state index in [1.807, 2.05) is 0 Å². The van der Waals surface area contributed by atoms with Gasteiger partial charge in [0.25, 0.3) is 0 Å². The van der Waals surface area contributed by atoms with Gasteiger partial charge in [-0.1, -0.05) is 0 Å².